The fourth-order valence-electron chi connectivity index (χ4n) is 1.34. The molecule has 1 aliphatic heterocycles. The quantitative estimate of drug-likeness (QED) is 0.568. The molecule has 1 heterocycles. The molecule has 0 N–H and O–H groups in total. The average Bonchev–Trinajstić information content (AvgIpc) is 2.99. The number of hydrogen-bond acceptors (Lipinski definition) is 1. The predicted octanol–water partition coefficient (Wildman–Crippen LogP) is 3.41. The second-order valence-electron chi connectivity index (χ2n) is 3.52. The van der Waals surface area contributed by atoms with Crippen molar-refractivity contribution in [2.75, 3.05) is 6.61 Å². The molecule has 0 bridgehead atoms. The lowest BCUT2D eigenvalue weighted by atomic mass is 10.0. The summed E-state index contributed by atoms with van der Waals surface area (Å²) in [5, 5.41) is 0. The second kappa shape index (κ2) is 3.41. The van der Waals surface area contributed by atoms with Gasteiger partial charge in [-0.2, -0.15) is 22.0 Å². The highest BCUT2D eigenvalue weighted by Gasteiger charge is 2.58. The molecule has 1 fully saturated rings. The topological polar surface area (TPSA) is 12.5 Å². The second-order valence-corrected chi connectivity index (χ2v) is 3.52. The molecule has 0 unspecified atom stereocenters. The monoisotopic (exact) mass is 238 g/mol. The lowest BCUT2D eigenvalue weighted by molar-refractivity contribution is -0.289. The largest absolute Gasteiger partial charge is 0.458 e. The molecular formula is C10H7F5O. The fourth-order valence-corrected chi connectivity index (χ4v) is 1.34. The van der Waals surface area contributed by atoms with Crippen molar-refractivity contribution >= 4 is 0 Å². The van der Waals surface area contributed by atoms with Crippen LogP contribution in [0.4, 0.5) is 22.0 Å². The van der Waals surface area contributed by atoms with Crippen LogP contribution in [0, 0.1) is 0 Å². The molecule has 1 atom stereocenters. The van der Waals surface area contributed by atoms with E-state index in [2.05, 4.69) is 0 Å². The third-order valence-electron chi connectivity index (χ3n) is 2.31. The summed E-state index contributed by atoms with van der Waals surface area (Å²) < 4.78 is 67.0. The van der Waals surface area contributed by atoms with Gasteiger partial charge in [0.2, 0.25) is 0 Å². The minimum atomic E-state index is -5.57. The molecule has 0 spiro atoms. The third kappa shape index (κ3) is 1.89. The number of ether oxygens (including phenoxy) is 1. The van der Waals surface area contributed by atoms with Gasteiger partial charge >= 0.3 is 12.1 Å². The predicted molar refractivity (Wildman–Crippen MR) is 45.1 cm³/mol. The van der Waals surface area contributed by atoms with E-state index in [9.17, 15) is 22.0 Å². The maximum absolute atomic E-state index is 13.0. The van der Waals surface area contributed by atoms with Gasteiger partial charge in [0.15, 0.2) is 0 Å². The summed E-state index contributed by atoms with van der Waals surface area (Å²) in [6.45, 7) is 0.362. The summed E-state index contributed by atoms with van der Waals surface area (Å²) in [6, 6.07) is 4.24. The fraction of sp³-hybridized carbons (Fsp3) is 0.400. The number of hydrogen-bond donors (Lipinski definition) is 0. The maximum Gasteiger partial charge on any atom is 0.458 e. The minimum Gasteiger partial charge on any atom is -0.368 e. The number of benzene rings is 1. The van der Waals surface area contributed by atoms with Gasteiger partial charge in [-0.05, 0) is 11.6 Å². The third-order valence-corrected chi connectivity index (χ3v) is 2.31. The van der Waals surface area contributed by atoms with E-state index in [1.165, 1.54) is 12.1 Å². The summed E-state index contributed by atoms with van der Waals surface area (Å²) in [5.41, 5.74) is -0.700. The Labute approximate surface area is 87.8 Å². The lowest BCUT2D eigenvalue weighted by Crippen LogP contribution is -2.33. The molecule has 1 aromatic carbocycles. The summed E-state index contributed by atoms with van der Waals surface area (Å²) in [4.78, 5) is 0. The van der Waals surface area contributed by atoms with Gasteiger partial charge in [0, 0.05) is 5.56 Å². The highest BCUT2D eigenvalue weighted by Crippen LogP contribution is 2.44. The zero-order valence-electron chi connectivity index (χ0n) is 7.89. The zero-order valence-corrected chi connectivity index (χ0v) is 7.89. The summed E-state index contributed by atoms with van der Waals surface area (Å²) in [6.07, 6.45) is -5.92. The molecule has 6 heteroatoms. The molecule has 0 radical (unpaired) electrons. The molecule has 0 aliphatic carbocycles. The first-order chi connectivity index (χ1) is 7.32. The Morgan fingerprint density at radius 2 is 1.75 bits per heavy atom. The van der Waals surface area contributed by atoms with Crippen LogP contribution < -0.4 is 0 Å². The van der Waals surface area contributed by atoms with Crippen LogP contribution in [-0.2, 0) is 10.7 Å². The van der Waals surface area contributed by atoms with E-state index in [-0.39, 0.29) is 6.10 Å². The van der Waals surface area contributed by atoms with Crippen LogP contribution in [0.1, 0.15) is 17.2 Å². The molecule has 0 aromatic heterocycles. The molecule has 0 saturated carbocycles. The van der Waals surface area contributed by atoms with E-state index in [1.54, 1.807) is 0 Å². The van der Waals surface area contributed by atoms with Crippen molar-refractivity contribution < 1.29 is 26.7 Å². The van der Waals surface area contributed by atoms with Crippen molar-refractivity contribution in [2.45, 2.75) is 18.2 Å². The van der Waals surface area contributed by atoms with Crippen LogP contribution in [0.5, 0.6) is 0 Å². The van der Waals surface area contributed by atoms with Crippen LogP contribution in [0.3, 0.4) is 0 Å². The van der Waals surface area contributed by atoms with Gasteiger partial charge in [-0.15, -0.1) is 0 Å². The van der Waals surface area contributed by atoms with E-state index in [1.807, 2.05) is 0 Å². The Kier molecular flexibility index (Phi) is 2.41. The van der Waals surface area contributed by atoms with Crippen molar-refractivity contribution in [3.05, 3.63) is 35.4 Å². The van der Waals surface area contributed by atoms with E-state index in [4.69, 9.17) is 4.74 Å². The van der Waals surface area contributed by atoms with Gasteiger partial charge < -0.3 is 4.74 Å². The van der Waals surface area contributed by atoms with Crippen molar-refractivity contribution in [3.63, 3.8) is 0 Å². The van der Waals surface area contributed by atoms with Gasteiger partial charge in [-0.3, -0.25) is 0 Å². The Bertz CT molecular complexity index is 394. The van der Waals surface area contributed by atoms with Crippen LogP contribution in [0.25, 0.3) is 0 Å². The number of alkyl halides is 5. The molecular weight excluding hydrogens is 231 g/mol. The zero-order chi connectivity index (χ0) is 12.0. The summed E-state index contributed by atoms with van der Waals surface area (Å²) in [5.74, 6) is -4.82. The molecule has 88 valence electrons. The molecule has 1 aromatic rings. The van der Waals surface area contributed by atoms with E-state index >= 15 is 0 Å². The molecule has 2 rings (SSSR count). The van der Waals surface area contributed by atoms with E-state index in [0.29, 0.717) is 12.2 Å². The van der Waals surface area contributed by atoms with Crippen molar-refractivity contribution in [1.82, 2.24) is 0 Å². The van der Waals surface area contributed by atoms with Crippen molar-refractivity contribution in [1.29, 1.82) is 0 Å². The SMILES string of the molecule is FC(F)(F)C(F)(F)c1cccc([C@@H]2CO2)c1. The first-order valence-electron chi connectivity index (χ1n) is 4.49. The maximum atomic E-state index is 13.0. The molecule has 1 aliphatic rings. The van der Waals surface area contributed by atoms with Crippen LogP contribution in [0.15, 0.2) is 24.3 Å². The Balaban J connectivity index is 2.35. The molecule has 1 saturated heterocycles. The highest BCUT2D eigenvalue weighted by atomic mass is 19.4. The van der Waals surface area contributed by atoms with Gasteiger partial charge in [0.05, 0.1) is 6.61 Å². The Morgan fingerprint density at radius 1 is 1.12 bits per heavy atom. The van der Waals surface area contributed by atoms with Gasteiger partial charge in [-0.25, -0.2) is 0 Å². The van der Waals surface area contributed by atoms with Crippen molar-refractivity contribution in [3.8, 4) is 0 Å². The van der Waals surface area contributed by atoms with Crippen LogP contribution >= 0.6 is 0 Å². The first kappa shape index (κ1) is 11.3. The van der Waals surface area contributed by atoms with Gasteiger partial charge in [0.1, 0.15) is 6.10 Å². The Hall–Kier alpha value is -1.17. The average molecular weight is 238 g/mol. The summed E-state index contributed by atoms with van der Waals surface area (Å²) >= 11 is 0. The molecule has 16 heavy (non-hydrogen) atoms. The standard InChI is InChI=1S/C10H7F5O/c11-9(12,10(13,14)15)7-3-1-2-6(4-7)8-5-16-8/h1-4,8H,5H2/t8-/m0/s1. The molecule has 0 amide bonds. The number of halogens is 5. The number of rotatable bonds is 2. The number of epoxide rings is 1. The smallest absolute Gasteiger partial charge is 0.368 e. The van der Waals surface area contributed by atoms with Crippen molar-refractivity contribution in [2.24, 2.45) is 0 Å². The normalized spacial score (nSPS) is 20.9. The lowest BCUT2D eigenvalue weighted by Gasteiger charge is -2.20. The van der Waals surface area contributed by atoms with E-state index in [0.717, 1.165) is 12.1 Å². The summed E-state index contributed by atoms with van der Waals surface area (Å²) in [7, 11) is 0. The van der Waals surface area contributed by atoms with Gasteiger partial charge in [-0.1, -0.05) is 18.2 Å². The Morgan fingerprint density at radius 3 is 2.25 bits per heavy atom. The van der Waals surface area contributed by atoms with E-state index < -0.39 is 17.7 Å². The van der Waals surface area contributed by atoms with Gasteiger partial charge in [0.25, 0.3) is 0 Å². The van der Waals surface area contributed by atoms with Crippen LogP contribution in [-0.4, -0.2) is 12.8 Å². The molecule has 1 nitrogen and oxygen atoms in total. The highest BCUT2D eigenvalue weighted by molar-refractivity contribution is 5.30. The first-order valence-corrected chi connectivity index (χ1v) is 4.49. The van der Waals surface area contributed by atoms with Crippen LogP contribution in [0.2, 0.25) is 0 Å². The minimum absolute atomic E-state index is 0.344.